The lowest BCUT2D eigenvalue weighted by molar-refractivity contribution is 0.340. The molecule has 21 heavy (non-hydrogen) atoms. The van der Waals surface area contributed by atoms with Gasteiger partial charge in [0.15, 0.2) is 0 Å². The lowest BCUT2D eigenvalue weighted by Crippen LogP contribution is -2.08. The predicted octanol–water partition coefficient (Wildman–Crippen LogP) is 4.58. The minimum atomic E-state index is 0.184. The molecule has 2 rings (SSSR count). The van der Waals surface area contributed by atoms with E-state index < -0.39 is 0 Å². The van der Waals surface area contributed by atoms with Gasteiger partial charge in [0.25, 0.3) is 0 Å². The molecule has 0 amide bonds. The van der Waals surface area contributed by atoms with Crippen LogP contribution in [0.25, 0.3) is 0 Å². The number of aryl methyl sites for hydroxylation is 2. The van der Waals surface area contributed by atoms with Crippen LogP contribution in [0.5, 0.6) is 11.5 Å². The summed E-state index contributed by atoms with van der Waals surface area (Å²) in [6.07, 6.45) is 0. The summed E-state index contributed by atoms with van der Waals surface area (Å²) >= 11 is 0. The Morgan fingerprint density at radius 2 is 1.76 bits per heavy atom. The van der Waals surface area contributed by atoms with Crippen LogP contribution in [0.4, 0.5) is 5.69 Å². The Morgan fingerprint density at radius 1 is 1.10 bits per heavy atom. The van der Waals surface area contributed by atoms with Gasteiger partial charge >= 0.3 is 0 Å². The highest BCUT2D eigenvalue weighted by molar-refractivity contribution is 5.57. The maximum atomic E-state index is 9.72. The first-order chi connectivity index (χ1) is 10.0. The number of ether oxygens (including phenoxy) is 1. The molecule has 0 aliphatic heterocycles. The van der Waals surface area contributed by atoms with Crippen molar-refractivity contribution in [2.24, 2.45) is 0 Å². The normalized spacial score (nSPS) is 12.0. The maximum absolute atomic E-state index is 9.72. The zero-order valence-corrected chi connectivity index (χ0v) is 13.1. The van der Waals surface area contributed by atoms with Crippen molar-refractivity contribution < 1.29 is 9.84 Å². The predicted molar refractivity (Wildman–Crippen MR) is 87.2 cm³/mol. The van der Waals surface area contributed by atoms with Crippen molar-refractivity contribution in [2.75, 3.05) is 11.9 Å². The summed E-state index contributed by atoms with van der Waals surface area (Å²) < 4.78 is 5.46. The first kappa shape index (κ1) is 15.2. The molecule has 0 saturated heterocycles. The van der Waals surface area contributed by atoms with E-state index in [2.05, 4.69) is 24.4 Å². The molecule has 112 valence electrons. The molecule has 2 N–H and O–H groups in total. The summed E-state index contributed by atoms with van der Waals surface area (Å²) in [4.78, 5) is 0. The topological polar surface area (TPSA) is 41.5 Å². The van der Waals surface area contributed by atoms with Crippen molar-refractivity contribution in [1.29, 1.82) is 0 Å². The molecule has 0 aromatic heterocycles. The van der Waals surface area contributed by atoms with E-state index in [4.69, 9.17) is 4.74 Å². The highest BCUT2D eigenvalue weighted by Crippen LogP contribution is 2.28. The van der Waals surface area contributed by atoms with Crippen LogP contribution in [0.15, 0.2) is 36.4 Å². The molecule has 0 saturated carbocycles. The Kier molecular flexibility index (Phi) is 4.73. The summed E-state index contributed by atoms with van der Waals surface area (Å²) in [6, 6.07) is 12.1. The van der Waals surface area contributed by atoms with Gasteiger partial charge in [-0.15, -0.1) is 0 Å². The summed E-state index contributed by atoms with van der Waals surface area (Å²) in [7, 11) is 0. The molecule has 3 heteroatoms. The maximum Gasteiger partial charge on any atom is 0.119 e. The van der Waals surface area contributed by atoms with Gasteiger partial charge in [-0.2, -0.15) is 0 Å². The van der Waals surface area contributed by atoms with Crippen molar-refractivity contribution in [2.45, 2.75) is 33.7 Å². The van der Waals surface area contributed by atoms with Crippen LogP contribution in [-0.2, 0) is 0 Å². The monoisotopic (exact) mass is 285 g/mol. The molecule has 0 fully saturated rings. The third kappa shape index (κ3) is 3.69. The third-order valence-corrected chi connectivity index (χ3v) is 3.61. The fourth-order valence-corrected chi connectivity index (χ4v) is 2.29. The average Bonchev–Trinajstić information content (AvgIpc) is 2.46. The number of aromatic hydroxyl groups is 1. The van der Waals surface area contributed by atoms with Gasteiger partial charge in [0, 0.05) is 11.7 Å². The van der Waals surface area contributed by atoms with Crippen molar-refractivity contribution in [3.8, 4) is 11.5 Å². The number of anilines is 1. The quantitative estimate of drug-likeness (QED) is 0.790. The van der Waals surface area contributed by atoms with Crippen LogP contribution in [-0.4, -0.2) is 11.7 Å². The summed E-state index contributed by atoms with van der Waals surface area (Å²) in [5.41, 5.74) is 4.16. The number of hydrogen-bond donors (Lipinski definition) is 2. The van der Waals surface area contributed by atoms with Crippen LogP contribution in [0.2, 0.25) is 0 Å². The Bertz CT molecular complexity index is 605. The van der Waals surface area contributed by atoms with Gasteiger partial charge in [-0.1, -0.05) is 12.1 Å². The standard InChI is InChI=1S/C18H23NO2/c1-5-21-16-8-6-15(7-9-16)14(4)19-17-10-13(3)18(20)11-12(17)2/h6-11,14,19-20H,5H2,1-4H3. The second-order valence-electron chi connectivity index (χ2n) is 5.32. The van der Waals surface area contributed by atoms with E-state index in [0.717, 1.165) is 22.6 Å². The second kappa shape index (κ2) is 6.53. The highest BCUT2D eigenvalue weighted by atomic mass is 16.5. The number of benzene rings is 2. The van der Waals surface area contributed by atoms with E-state index in [1.165, 1.54) is 5.56 Å². The highest BCUT2D eigenvalue weighted by Gasteiger charge is 2.09. The Hall–Kier alpha value is -2.16. The lowest BCUT2D eigenvalue weighted by Gasteiger charge is -2.19. The number of rotatable bonds is 5. The van der Waals surface area contributed by atoms with Gasteiger partial charge in [0.1, 0.15) is 11.5 Å². The smallest absolute Gasteiger partial charge is 0.119 e. The molecule has 0 spiro atoms. The molecule has 0 heterocycles. The molecular weight excluding hydrogens is 262 g/mol. The van der Waals surface area contributed by atoms with E-state index in [-0.39, 0.29) is 6.04 Å². The SMILES string of the molecule is CCOc1ccc(C(C)Nc2cc(C)c(O)cc2C)cc1. The molecule has 0 aliphatic carbocycles. The number of phenols is 1. The first-order valence-electron chi connectivity index (χ1n) is 7.30. The van der Waals surface area contributed by atoms with Gasteiger partial charge in [0.2, 0.25) is 0 Å². The van der Waals surface area contributed by atoms with E-state index in [1.54, 1.807) is 6.07 Å². The van der Waals surface area contributed by atoms with Gasteiger partial charge in [0.05, 0.1) is 6.61 Å². The number of hydrogen-bond acceptors (Lipinski definition) is 3. The Balaban J connectivity index is 2.14. The van der Waals surface area contributed by atoms with Crippen molar-refractivity contribution in [3.05, 3.63) is 53.1 Å². The van der Waals surface area contributed by atoms with Crippen LogP contribution in [0, 0.1) is 13.8 Å². The fourth-order valence-electron chi connectivity index (χ4n) is 2.29. The summed E-state index contributed by atoms with van der Waals surface area (Å²) in [5.74, 6) is 1.23. The zero-order chi connectivity index (χ0) is 15.4. The van der Waals surface area contributed by atoms with E-state index in [9.17, 15) is 5.11 Å². The van der Waals surface area contributed by atoms with Crippen molar-refractivity contribution in [3.63, 3.8) is 0 Å². The van der Waals surface area contributed by atoms with Crippen molar-refractivity contribution in [1.82, 2.24) is 0 Å². The van der Waals surface area contributed by atoms with Crippen molar-refractivity contribution >= 4 is 5.69 Å². The summed E-state index contributed by atoms with van der Waals surface area (Å²) in [6.45, 7) is 8.68. The summed E-state index contributed by atoms with van der Waals surface area (Å²) in [5, 5.41) is 13.2. The molecule has 1 atom stereocenters. The van der Waals surface area contributed by atoms with E-state index in [1.807, 2.05) is 39.0 Å². The van der Waals surface area contributed by atoms with Crippen LogP contribution in [0.1, 0.15) is 36.6 Å². The number of phenolic OH excluding ortho intramolecular Hbond substituents is 1. The van der Waals surface area contributed by atoms with Crippen LogP contribution in [0.3, 0.4) is 0 Å². The third-order valence-electron chi connectivity index (χ3n) is 3.61. The molecule has 2 aromatic carbocycles. The van der Waals surface area contributed by atoms with Crippen LogP contribution < -0.4 is 10.1 Å². The zero-order valence-electron chi connectivity index (χ0n) is 13.1. The molecule has 1 unspecified atom stereocenters. The Morgan fingerprint density at radius 3 is 2.38 bits per heavy atom. The van der Waals surface area contributed by atoms with Gasteiger partial charge in [-0.05, 0) is 68.7 Å². The van der Waals surface area contributed by atoms with Gasteiger partial charge in [-0.3, -0.25) is 0 Å². The molecule has 0 aliphatic rings. The molecule has 3 nitrogen and oxygen atoms in total. The minimum absolute atomic E-state index is 0.184. The van der Waals surface area contributed by atoms with Gasteiger partial charge < -0.3 is 15.2 Å². The van der Waals surface area contributed by atoms with Gasteiger partial charge in [-0.25, -0.2) is 0 Å². The Labute approximate surface area is 126 Å². The molecule has 0 radical (unpaired) electrons. The fraction of sp³-hybridized carbons (Fsp3) is 0.333. The second-order valence-corrected chi connectivity index (χ2v) is 5.32. The molecule has 0 bridgehead atoms. The van der Waals surface area contributed by atoms with Crippen LogP contribution >= 0.6 is 0 Å². The van der Waals surface area contributed by atoms with E-state index >= 15 is 0 Å². The minimum Gasteiger partial charge on any atom is -0.508 e. The largest absolute Gasteiger partial charge is 0.508 e. The average molecular weight is 285 g/mol. The number of nitrogens with one attached hydrogen (secondary N) is 1. The molecule has 2 aromatic rings. The first-order valence-corrected chi connectivity index (χ1v) is 7.30. The lowest BCUT2D eigenvalue weighted by atomic mass is 10.1. The molecular formula is C18H23NO2. The van der Waals surface area contributed by atoms with E-state index in [0.29, 0.717) is 12.4 Å².